The van der Waals surface area contributed by atoms with Crippen LogP contribution < -0.4 is 4.74 Å². The molecule has 3 heteroatoms. The molecule has 0 N–H and O–H groups in total. The molecule has 0 aliphatic rings. The summed E-state index contributed by atoms with van der Waals surface area (Å²) < 4.78 is 5.02. The highest BCUT2D eigenvalue weighted by Crippen LogP contribution is 2.19. The van der Waals surface area contributed by atoms with Crippen molar-refractivity contribution in [2.75, 3.05) is 7.11 Å². The molecule has 0 fully saturated rings. The van der Waals surface area contributed by atoms with Gasteiger partial charge in [0.2, 0.25) is 0 Å². The summed E-state index contributed by atoms with van der Waals surface area (Å²) >= 11 is 4.12. The molecule has 62 valence electrons. The van der Waals surface area contributed by atoms with Crippen LogP contribution in [0.15, 0.2) is 18.2 Å². The molecule has 0 radical (unpaired) electrons. The number of rotatable bonds is 2. The van der Waals surface area contributed by atoms with Crippen molar-refractivity contribution in [3.63, 3.8) is 0 Å². The average Bonchev–Trinajstić information content (AvgIpc) is 2.16. The number of hydrogen-bond donors (Lipinski definition) is 1. The van der Waals surface area contributed by atoms with E-state index in [1.165, 1.54) is 0 Å². The predicted molar refractivity (Wildman–Crippen MR) is 50.4 cm³/mol. The van der Waals surface area contributed by atoms with Crippen LogP contribution in [0.4, 0.5) is 0 Å². The lowest BCUT2D eigenvalue weighted by Gasteiger charge is -2.03. The predicted octanol–water partition coefficient (Wildman–Crippen LogP) is 2.00. The van der Waals surface area contributed by atoms with Crippen molar-refractivity contribution in [3.8, 4) is 11.8 Å². The normalized spacial score (nSPS) is 9.08. The Morgan fingerprint density at radius 3 is 2.83 bits per heavy atom. The third kappa shape index (κ3) is 1.72. The van der Waals surface area contributed by atoms with E-state index in [1.54, 1.807) is 13.2 Å². The van der Waals surface area contributed by atoms with E-state index in [9.17, 15) is 0 Å². The van der Waals surface area contributed by atoms with Crippen LogP contribution in [0.2, 0.25) is 0 Å². The van der Waals surface area contributed by atoms with E-state index < -0.39 is 0 Å². The molecule has 0 saturated heterocycles. The lowest BCUT2D eigenvalue weighted by Crippen LogP contribution is -1.89. The fourth-order valence-corrected chi connectivity index (χ4v) is 1.12. The standard InChI is InChI=1S/C9H9NOS/c1-11-9-4-7(6-12)2-3-8(9)5-10/h2-4,12H,6H2,1H3. The van der Waals surface area contributed by atoms with Crippen molar-refractivity contribution < 1.29 is 4.74 Å². The summed E-state index contributed by atoms with van der Waals surface area (Å²) in [6.07, 6.45) is 0. The van der Waals surface area contributed by atoms with E-state index in [2.05, 4.69) is 12.6 Å². The summed E-state index contributed by atoms with van der Waals surface area (Å²) in [5, 5.41) is 8.66. The van der Waals surface area contributed by atoms with Crippen LogP contribution in [0.3, 0.4) is 0 Å². The van der Waals surface area contributed by atoms with Crippen LogP contribution in [0.5, 0.6) is 5.75 Å². The smallest absolute Gasteiger partial charge is 0.136 e. The van der Waals surface area contributed by atoms with Gasteiger partial charge in [-0.1, -0.05) is 6.07 Å². The van der Waals surface area contributed by atoms with Crippen LogP contribution >= 0.6 is 12.6 Å². The highest BCUT2D eigenvalue weighted by molar-refractivity contribution is 7.79. The minimum Gasteiger partial charge on any atom is -0.495 e. The van der Waals surface area contributed by atoms with E-state index in [-0.39, 0.29) is 0 Å². The highest BCUT2D eigenvalue weighted by Gasteiger charge is 2.01. The van der Waals surface area contributed by atoms with Gasteiger partial charge in [0.25, 0.3) is 0 Å². The van der Waals surface area contributed by atoms with Crippen LogP contribution in [-0.4, -0.2) is 7.11 Å². The summed E-state index contributed by atoms with van der Waals surface area (Å²) in [7, 11) is 1.55. The first kappa shape index (κ1) is 8.95. The summed E-state index contributed by atoms with van der Waals surface area (Å²) in [6, 6.07) is 7.48. The molecule has 12 heavy (non-hydrogen) atoms. The van der Waals surface area contributed by atoms with Crippen molar-refractivity contribution in [2.24, 2.45) is 0 Å². The molecule has 2 nitrogen and oxygen atoms in total. The van der Waals surface area contributed by atoms with Gasteiger partial charge in [-0.3, -0.25) is 0 Å². The molecule has 1 rings (SSSR count). The van der Waals surface area contributed by atoms with Crippen LogP contribution in [0.1, 0.15) is 11.1 Å². The molecule has 1 aromatic carbocycles. The maximum absolute atomic E-state index is 8.66. The van der Waals surface area contributed by atoms with Gasteiger partial charge in [-0.15, -0.1) is 0 Å². The minimum atomic E-state index is 0.558. The van der Waals surface area contributed by atoms with Gasteiger partial charge in [-0.2, -0.15) is 17.9 Å². The maximum Gasteiger partial charge on any atom is 0.136 e. The van der Waals surface area contributed by atoms with Crippen LogP contribution in [-0.2, 0) is 5.75 Å². The Balaban J connectivity index is 3.13. The Kier molecular flexibility index (Phi) is 3.01. The SMILES string of the molecule is COc1cc(CS)ccc1C#N. The fraction of sp³-hybridized carbons (Fsp3) is 0.222. The maximum atomic E-state index is 8.66. The molecular formula is C9H9NOS. The number of ether oxygens (including phenoxy) is 1. The molecule has 0 saturated carbocycles. The molecule has 0 spiro atoms. The zero-order chi connectivity index (χ0) is 8.97. The summed E-state index contributed by atoms with van der Waals surface area (Å²) in [4.78, 5) is 0. The van der Waals surface area contributed by atoms with E-state index in [1.807, 2.05) is 18.2 Å². The Labute approximate surface area is 77.2 Å². The molecule has 0 heterocycles. The van der Waals surface area contributed by atoms with E-state index in [4.69, 9.17) is 10.00 Å². The van der Waals surface area contributed by atoms with E-state index in [0.29, 0.717) is 17.1 Å². The van der Waals surface area contributed by atoms with Gasteiger partial charge in [0.15, 0.2) is 0 Å². The van der Waals surface area contributed by atoms with Crippen molar-refractivity contribution in [1.29, 1.82) is 5.26 Å². The number of methoxy groups -OCH3 is 1. The number of benzene rings is 1. The van der Waals surface area contributed by atoms with Gasteiger partial charge in [-0.25, -0.2) is 0 Å². The highest BCUT2D eigenvalue weighted by atomic mass is 32.1. The first-order chi connectivity index (χ1) is 5.81. The summed E-state index contributed by atoms with van der Waals surface area (Å²) in [5.41, 5.74) is 1.61. The zero-order valence-electron chi connectivity index (χ0n) is 6.74. The van der Waals surface area contributed by atoms with Crippen molar-refractivity contribution in [1.82, 2.24) is 0 Å². The number of nitriles is 1. The van der Waals surface area contributed by atoms with Gasteiger partial charge >= 0.3 is 0 Å². The summed E-state index contributed by atoms with van der Waals surface area (Å²) in [5.74, 6) is 1.27. The average molecular weight is 179 g/mol. The molecule has 0 aliphatic carbocycles. The second kappa shape index (κ2) is 4.03. The molecule has 1 aromatic rings. The summed E-state index contributed by atoms with van der Waals surface area (Å²) in [6.45, 7) is 0. The van der Waals surface area contributed by atoms with Crippen molar-refractivity contribution in [3.05, 3.63) is 29.3 Å². The van der Waals surface area contributed by atoms with Crippen molar-refractivity contribution in [2.45, 2.75) is 5.75 Å². The van der Waals surface area contributed by atoms with Crippen LogP contribution in [0, 0.1) is 11.3 Å². The minimum absolute atomic E-state index is 0.558. The molecule has 0 aromatic heterocycles. The molecule has 0 aliphatic heterocycles. The van der Waals surface area contributed by atoms with Gasteiger partial charge < -0.3 is 4.74 Å². The van der Waals surface area contributed by atoms with Crippen molar-refractivity contribution >= 4 is 12.6 Å². The lowest BCUT2D eigenvalue weighted by atomic mass is 10.1. The zero-order valence-corrected chi connectivity index (χ0v) is 7.64. The first-order valence-corrected chi connectivity index (χ1v) is 4.13. The monoisotopic (exact) mass is 179 g/mol. The Morgan fingerprint density at radius 1 is 1.58 bits per heavy atom. The quantitative estimate of drug-likeness (QED) is 0.704. The van der Waals surface area contributed by atoms with E-state index >= 15 is 0 Å². The van der Waals surface area contributed by atoms with Gasteiger partial charge in [0.1, 0.15) is 11.8 Å². The number of nitrogens with zero attached hydrogens (tertiary/aromatic N) is 1. The molecule has 0 bridgehead atoms. The second-order valence-electron chi connectivity index (χ2n) is 2.30. The lowest BCUT2D eigenvalue weighted by molar-refractivity contribution is 0.413. The Bertz CT molecular complexity index is 317. The largest absolute Gasteiger partial charge is 0.495 e. The Morgan fingerprint density at radius 2 is 2.33 bits per heavy atom. The topological polar surface area (TPSA) is 33.0 Å². The molecule has 0 atom stereocenters. The van der Waals surface area contributed by atoms with Gasteiger partial charge in [0.05, 0.1) is 12.7 Å². The Hall–Kier alpha value is -1.14. The van der Waals surface area contributed by atoms with Gasteiger partial charge in [0, 0.05) is 5.75 Å². The first-order valence-electron chi connectivity index (χ1n) is 3.49. The second-order valence-corrected chi connectivity index (χ2v) is 2.62. The van der Waals surface area contributed by atoms with E-state index in [0.717, 1.165) is 5.56 Å². The molecule has 0 unspecified atom stereocenters. The number of thiol groups is 1. The molecular weight excluding hydrogens is 170 g/mol. The van der Waals surface area contributed by atoms with Crippen LogP contribution in [0.25, 0.3) is 0 Å². The van der Waals surface area contributed by atoms with Gasteiger partial charge in [-0.05, 0) is 17.7 Å². The third-order valence-corrected chi connectivity index (χ3v) is 1.93. The fourth-order valence-electron chi connectivity index (χ4n) is 0.926. The number of hydrogen-bond acceptors (Lipinski definition) is 3. The molecule has 0 amide bonds. The third-order valence-electron chi connectivity index (χ3n) is 1.57.